The van der Waals surface area contributed by atoms with Gasteiger partial charge in [-0.25, -0.2) is 4.79 Å². The Labute approximate surface area is 118 Å². The van der Waals surface area contributed by atoms with Crippen LogP contribution in [0.4, 0.5) is 10.5 Å². The fourth-order valence-electron chi connectivity index (χ4n) is 2.20. The number of anilines is 1. The number of carbonyl (C=O) groups is 2. The fraction of sp³-hybridized carbons (Fsp3) is 0.429. The second kappa shape index (κ2) is 5.81. The monoisotopic (exact) mass is 276 g/mol. The Bertz CT molecular complexity index is 512. The quantitative estimate of drug-likeness (QED) is 0.470. The lowest BCUT2D eigenvalue weighted by atomic mass is 10.0. The van der Waals surface area contributed by atoms with Crippen molar-refractivity contribution in [1.82, 2.24) is 16.0 Å². The molecular weight excluding hydrogens is 256 g/mol. The minimum absolute atomic E-state index is 0.108. The highest BCUT2D eigenvalue weighted by atomic mass is 16.2. The van der Waals surface area contributed by atoms with E-state index in [2.05, 4.69) is 16.0 Å². The van der Waals surface area contributed by atoms with E-state index in [1.807, 2.05) is 24.3 Å². The van der Waals surface area contributed by atoms with E-state index in [9.17, 15) is 9.59 Å². The predicted octanol–water partition coefficient (Wildman–Crippen LogP) is 0.693. The van der Waals surface area contributed by atoms with Gasteiger partial charge in [-0.2, -0.15) is 0 Å². The van der Waals surface area contributed by atoms with Gasteiger partial charge in [-0.1, -0.05) is 18.2 Å². The second-order valence-corrected chi connectivity index (χ2v) is 5.03. The lowest BCUT2D eigenvalue weighted by Gasteiger charge is -2.20. The number of hydrogen-bond acceptors (Lipinski definition) is 3. The van der Waals surface area contributed by atoms with Crippen molar-refractivity contribution in [3.63, 3.8) is 0 Å². The van der Waals surface area contributed by atoms with Crippen LogP contribution in [-0.2, 0) is 10.3 Å². The summed E-state index contributed by atoms with van der Waals surface area (Å²) in [5.41, 5.74) is 7.30. The molecule has 20 heavy (non-hydrogen) atoms. The summed E-state index contributed by atoms with van der Waals surface area (Å²) in [5, 5.41) is 8.31. The predicted molar refractivity (Wildman–Crippen MR) is 77.0 cm³/mol. The molecule has 1 saturated carbocycles. The van der Waals surface area contributed by atoms with Crippen LogP contribution in [0.5, 0.6) is 0 Å². The maximum Gasteiger partial charge on any atom is 0.315 e. The van der Waals surface area contributed by atoms with Crippen LogP contribution in [-0.4, -0.2) is 25.0 Å². The van der Waals surface area contributed by atoms with Crippen LogP contribution >= 0.6 is 0 Å². The molecule has 1 aliphatic carbocycles. The maximum atomic E-state index is 11.9. The van der Waals surface area contributed by atoms with Crippen molar-refractivity contribution in [1.29, 1.82) is 0 Å². The molecule has 0 radical (unpaired) electrons. The highest BCUT2D eigenvalue weighted by Gasteiger charge is 2.46. The molecule has 1 aromatic rings. The number of nitrogens with one attached hydrogen (secondary N) is 3. The molecule has 0 aromatic heterocycles. The number of para-hydroxylation sites is 1. The zero-order chi connectivity index (χ0) is 14.6. The minimum Gasteiger partial charge on any atom is -0.398 e. The number of benzene rings is 1. The van der Waals surface area contributed by atoms with E-state index in [1.54, 1.807) is 0 Å². The standard InChI is InChI=1S/C14H20N4O2/c1-10(19)16-8-9-17-13(20)18-14(6-7-14)11-4-2-3-5-12(11)15/h2-5H,6-9,15H2,1H3,(H,16,19)(H2,17,18,20). The normalized spacial score (nSPS) is 15.2. The van der Waals surface area contributed by atoms with Gasteiger partial charge in [0.05, 0.1) is 5.54 Å². The average Bonchev–Trinajstić information content (AvgIpc) is 3.15. The summed E-state index contributed by atoms with van der Waals surface area (Å²) in [6, 6.07) is 7.34. The van der Waals surface area contributed by atoms with E-state index >= 15 is 0 Å². The largest absolute Gasteiger partial charge is 0.398 e. The van der Waals surface area contributed by atoms with Crippen molar-refractivity contribution in [3.05, 3.63) is 29.8 Å². The van der Waals surface area contributed by atoms with Crippen LogP contribution in [0.2, 0.25) is 0 Å². The van der Waals surface area contributed by atoms with Gasteiger partial charge in [0.25, 0.3) is 0 Å². The first kappa shape index (κ1) is 14.2. The van der Waals surface area contributed by atoms with E-state index in [-0.39, 0.29) is 17.5 Å². The number of amides is 3. The molecule has 0 atom stereocenters. The number of nitrogen functional groups attached to an aromatic ring is 1. The lowest BCUT2D eigenvalue weighted by molar-refractivity contribution is -0.118. The van der Waals surface area contributed by atoms with Crippen LogP contribution in [0.1, 0.15) is 25.3 Å². The van der Waals surface area contributed by atoms with E-state index in [4.69, 9.17) is 5.73 Å². The molecule has 2 rings (SSSR count). The first-order valence-electron chi connectivity index (χ1n) is 6.69. The van der Waals surface area contributed by atoms with Crippen molar-refractivity contribution in [2.75, 3.05) is 18.8 Å². The van der Waals surface area contributed by atoms with Gasteiger partial charge in [0.1, 0.15) is 0 Å². The summed E-state index contributed by atoms with van der Waals surface area (Å²) in [7, 11) is 0. The molecule has 108 valence electrons. The van der Waals surface area contributed by atoms with Crippen molar-refractivity contribution < 1.29 is 9.59 Å². The summed E-state index contributed by atoms with van der Waals surface area (Å²) >= 11 is 0. The molecule has 5 N–H and O–H groups in total. The van der Waals surface area contributed by atoms with Gasteiger partial charge in [0.2, 0.25) is 5.91 Å². The van der Waals surface area contributed by atoms with E-state index in [1.165, 1.54) is 6.92 Å². The topological polar surface area (TPSA) is 96.2 Å². The second-order valence-electron chi connectivity index (χ2n) is 5.03. The third-order valence-corrected chi connectivity index (χ3v) is 3.36. The fourth-order valence-corrected chi connectivity index (χ4v) is 2.20. The number of rotatable bonds is 5. The number of hydrogen-bond donors (Lipinski definition) is 4. The third-order valence-electron chi connectivity index (χ3n) is 3.36. The maximum absolute atomic E-state index is 11.9. The molecule has 0 bridgehead atoms. The Morgan fingerprint density at radius 1 is 1.20 bits per heavy atom. The highest BCUT2D eigenvalue weighted by Crippen LogP contribution is 2.47. The van der Waals surface area contributed by atoms with Gasteiger partial charge in [-0.05, 0) is 18.9 Å². The average molecular weight is 276 g/mol. The molecule has 3 amide bonds. The Kier molecular flexibility index (Phi) is 4.12. The third kappa shape index (κ3) is 3.40. The van der Waals surface area contributed by atoms with Crippen LogP contribution in [0.15, 0.2) is 24.3 Å². The summed E-state index contributed by atoms with van der Waals surface area (Å²) in [5.74, 6) is -0.108. The van der Waals surface area contributed by atoms with Crippen molar-refractivity contribution in [3.8, 4) is 0 Å². The lowest BCUT2D eigenvalue weighted by Crippen LogP contribution is -2.44. The first-order chi connectivity index (χ1) is 9.53. The van der Waals surface area contributed by atoms with Crippen LogP contribution in [0, 0.1) is 0 Å². The molecule has 0 heterocycles. The highest BCUT2D eigenvalue weighted by molar-refractivity contribution is 5.76. The molecule has 6 nitrogen and oxygen atoms in total. The van der Waals surface area contributed by atoms with Gasteiger partial charge >= 0.3 is 6.03 Å². The van der Waals surface area contributed by atoms with Crippen molar-refractivity contribution in [2.45, 2.75) is 25.3 Å². The molecule has 6 heteroatoms. The van der Waals surface area contributed by atoms with E-state index < -0.39 is 0 Å². The van der Waals surface area contributed by atoms with Crippen molar-refractivity contribution >= 4 is 17.6 Å². The zero-order valence-corrected chi connectivity index (χ0v) is 11.5. The van der Waals surface area contributed by atoms with Gasteiger partial charge in [0.15, 0.2) is 0 Å². The Hall–Kier alpha value is -2.24. The van der Waals surface area contributed by atoms with Gasteiger partial charge < -0.3 is 21.7 Å². The molecular formula is C14H20N4O2. The Balaban J connectivity index is 1.85. The summed E-state index contributed by atoms with van der Waals surface area (Å²) in [6.07, 6.45) is 1.78. The molecule has 1 fully saturated rings. The SMILES string of the molecule is CC(=O)NCCNC(=O)NC1(c2ccccc2N)CC1. The molecule has 0 saturated heterocycles. The summed E-state index contributed by atoms with van der Waals surface area (Å²) in [4.78, 5) is 22.5. The molecule has 0 unspecified atom stereocenters. The molecule has 1 aliphatic rings. The van der Waals surface area contributed by atoms with Gasteiger partial charge in [-0.15, -0.1) is 0 Å². The Morgan fingerprint density at radius 3 is 2.45 bits per heavy atom. The van der Waals surface area contributed by atoms with Gasteiger partial charge in [-0.3, -0.25) is 4.79 Å². The molecule has 1 aromatic carbocycles. The number of nitrogens with two attached hydrogens (primary N) is 1. The first-order valence-corrected chi connectivity index (χ1v) is 6.69. The minimum atomic E-state index is -0.330. The molecule has 0 aliphatic heterocycles. The zero-order valence-electron chi connectivity index (χ0n) is 11.5. The summed E-state index contributed by atoms with van der Waals surface area (Å²) in [6.45, 7) is 2.26. The summed E-state index contributed by atoms with van der Waals surface area (Å²) < 4.78 is 0. The van der Waals surface area contributed by atoms with Crippen molar-refractivity contribution in [2.24, 2.45) is 0 Å². The van der Waals surface area contributed by atoms with E-state index in [0.717, 1.165) is 18.4 Å². The smallest absolute Gasteiger partial charge is 0.315 e. The number of urea groups is 1. The molecule has 0 spiro atoms. The van der Waals surface area contributed by atoms with E-state index in [0.29, 0.717) is 18.8 Å². The Morgan fingerprint density at radius 2 is 1.85 bits per heavy atom. The number of carbonyl (C=O) groups excluding carboxylic acids is 2. The van der Waals surface area contributed by atoms with Gasteiger partial charge in [0, 0.05) is 31.3 Å². The van der Waals surface area contributed by atoms with Crippen LogP contribution in [0.3, 0.4) is 0 Å². The van der Waals surface area contributed by atoms with Crippen LogP contribution in [0.25, 0.3) is 0 Å². The van der Waals surface area contributed by atoms with Crippen LogP contribution < -0.4 is 21.7 Å².